The Morgan fingerprint density at radius 1 is 0.674 bits per heavy atom. The van der Waals surface area contributed by atoms with Gasteiger partial charge in [0.1, 0.15) is 0 Å². The normalized spacial score (nSPS) is 11.7. The van der Waals surface area contributed by atoms with Crippen LogP contribution in [0.5, 0.6) is 0 Å². The van der Waals surface area contributed by atoms with Gasteiger partial charge in [0.25, 0.3) is 0 Å². The van der Waals surface area contributed by atoms with Crippen molar-refractivity contribution >= 4 is 58.0 Å². The summed E-state index contributed by atoms with van der Waals surface area (Å²) in [6, 6.07) is 34.6. The van der Waals surface area contributed by atoms with Gasteiger partial charge in [-0.15, -0.1) is 59.7 Å². The van der Waals surface area contributed by atoms with E-state index >= 15 is 0 Å². The third-order valence-corrected chi connectivity index (χ3v) is 12.8. The Morgan fingerprint density at radius 3 is 2.05 bits per heavy atom. The number of hydrogen-bond acceptors (Lipinski definition) is 3. The van der Waals surface area contributed by atoms with Crippen LogP contribution in [0.15, 0.2) is 91.3 Å². The Labute approximate surface area is 277 Å². The maximum atomic E-state index is 4.59. The summed E-state index contributed by atoms with van der Waals surface area (Å²) in [7, 11) is -2.52. The average molecular weight is 793 g/mol. The van der Waals surface area contributed by atoms with Crippen LogP contribution in [0.1, 0.15) is 25.3 Å². The van der Waals surface area contributed by atoms with Gasteiger partial charge in [-0.1, -0.05) is 99.6 Å². The molecule has 0 N–H and O–H groups in total. The van der Waals surface area contributed by atoms with Crippen molar-refractivity contribution < 1.29 is 20.1 Å². The molecule has 223 valence electrons. The maximum Gasteiger partial charge on any atom is 0.0795 e. The van der Waals surface area contributed by atoms with Crippen LogP contribution in [-0.4, -0.2) is 26.1 Å². The van der Waals surface area contributed by atoms with Crippen LogP contribution >= 0.6 is 11.3 Å². The first-order valence-electron chi connectivity index (χ1n) is 14.7. The first-order valence-corrected chi connectivity index (χ1v) is 22.5. The number of pyridine rings is 2. The van der Waals surface area contributed by atoms with Crippen molar-refractivity contribution in [2.45, 2.75) is 59.0 Å². The molecule has 0 aliphatic rings. The Bertz CT molecular complexity index is 1820. The summed E-state index contributed by atoms with van der Waals surface area (Å²) >= 11 is 1.87. The summed E-state index contributed by atoms with van der Waals surface area (Å²) in [5.74, 6) is 0.502. The topological polar surface area (TPSA) is 25.8 Å². The molecule has 0 bridgehead atoms. The van der Waals surface area contributed by atoms with Crippen LogP contribution in [0.3, 0.4) is 0 Å². The predicted molar refractivity (Wildman–Crippen MR) is 190 cm³/mol. The van der Waals surface area contributed by atoms with E-state index in [-0.39, 0.29) is 20.1 Å². The first-order chi connectivity index (χ1) is 19.9. The van der Waals surface area contributed by atoms with E-state index < -0.39 is 16.1 Å². The zero-order valence-electron chi connectivity index (χ0n) is 26.4. The van der Waals surface area contributed by atoms with Crippen molar-refractivity contribution in [3.8, 4) is 22.5 Å². The quantitative estimate of drug-likeness (QED) is 0.128. The van der Waals surface area contributed by atoms with Crippen molar-refractivity contribution in [1.29, 1.82) is 0 Å². The molecule has 0 saturated heterocycles. The van der Waals surface area contributed by atoms with Gasteiger partial charge in [-0.05, 0) is 44.7 Å². The third kappa shape index (κ3) is 7.86. The van der Waals surface area contributed by atoms with Crippen molar-refractivity contribution in [3.63, 3.8) is 0 Å². The van der Waals surface area contributed by atoms with Gasteiger partial charge in [0.05, 0.1) is 16.1 Å². The van der Waals surface area contributed by atoms with Gasteiger partial charge in [-0.25, -0.2) is 0 Å². The van der Waals surface area contributed by atoms with Crippen molar-refractivity contribution in [1.82, 2.24) is 9.97 Å². The molecule has 3 heterocycles. The van der Waals surface area contributed by atoms with Gasteiger partial charge in [-0.2, -0.15) is 11.3 Å². The fraction of sp³-hybridized carbons (Fsp3) is 0.243. The van der Waals surface area contributed by atoms with Crippen LogP contribution in [-0.2, 0) is 20.1 Å². The third-order valence-electron chi connectivity index (χ3n) is 7.61. The molecule has 0 saturated carbocycles. The predicted octanol–water partition coefficient (Wildman–Crippen LogP) is 9.68. The fourth-order valence-corrected chi connectivity index (χ4v) is 8.25. The zero-order valence-corrected chi connectivity index (χ0v) is 31.6. The van der Waals surface area contributed by atoms with Crippen LogP contribution in [0.2, 0.25) is 39.3 Å². The van der Waals surface area contributed by atoms with Gasteiger partial charge in [0.15, 0.2) is 0 Å². The van der Waals surface area contributed by atoms with Crippen molar-refractivity contribution in [3.05, 3.63) is 109 Å². The number of rotatable bonds is 5. The van der Waals surface area contributed by atoms with Crippen molar-refractivity contribution in [2.24, 2.45) is 0 Å². The smallest absolute Gasteiger partial charge is 0.0795 e. The molecule has 0 fully saturated rings. The number of aromatic nitrogens is 2. The monoisotopic (exact) mass is 793 g/mol. The van der Waals surface area contributed by atoms with Crippen molar-refractivity contribution in [2.75, 3.05) is 0 Å². The molecule has 0 spiro atoms. The summed E-state index contributed by atoms with van der Waals surface area (Å²) < 4.78 is 2.69. The van der Waals surface area contributed by atoms with Crippen LogP contribution in [0, 0.1) is 12.1 Å². The van der Waals surface area contributed by atoms with Gasteiger partial charge >= 0.3 is 0 Å². The first kappa shape index (κ1) is 33.2. The van der Waals surface area contributed by atoms with Gasteiger partial charge in [0, 0.05) is 37.2 Å². The molecule has 6 heteroatoms. The summed E-state index contributed by atoms with van der Waals surface area (Å²) in [5.41, 5.74) is 5.47. The zero-order chi connectivity index (χ0) is 30.1. The second-order valence-electron chi connectivity index (χ2n) is 13.3. The minimum atomic E-state index is -1.29. The minimum absolute atomic E-state index is 0. The van der Waals surface area contributed by atoms with E-state index in [2.05, 4.69) is 130 Å². The van der Waals surface area contributed by atoms with E-state index in [0.29, 0.717) is 5.92 Å². The molecule has 1 radical (unpaired) electrons. The number of benzene rings is 3. The van der Waals surface area contributed by atoms with E-state index in [0.717, 1.165) is 22.5 Å². The number of nitrogens with zero attached hydrogens (tertiary/aromatic N) is 2. The summed E-state index contributed by atoms with van der Waals surface area (Å²) in [4.78, 5) is 9.11. The van der Waals surface area contributed by atoms with E-state index in [1.54, 1.807) is 0 Å². The Morgan fingerprint density at radius 2 is 1.42 bits per heavy atom. The summed E-state index contributed by atoms with van der Waals surface area (Å²) in [6.07, 6.45) is 3.93. The van der Waals surface area contributed by atoms with E-state index in [9.17, 15) is 0 Å². The molecule has 0 aliphatic carbocycles. The van der Waals surface area contributed by atoms with Crippen LogP contribution in [0.4, 0.5) is 0 Å². The molecule has 43 heavy (non-hydrogen) atoms. The average Bonchev–Trinajstić information content (AvgIpc) is 3.34. The largest absolute Gasteiger partial charge is 0.305 e. The van der Waals surface area contributed by atoms with Gasteiger partial charge in [0.2, 0.25) is 0 Å². The molecule has 0 unspecified atom stereocenters. The summed E-state index contributed by atoms with van der Waals surface area (Å²) in [6.45, 7) is 18.6. The Balaban J connectivity index is 0.000000215. The van der Waals surface area contributed by atoms with Gasteiger partial charge < -0.3 is 9.97 Å². The molecule has 0 amide bonds. The molecule has 3 aromatic carbocycles. The summed E-state index contributed by atoms with van der Waals surface area (Å²) in [5, 5.41) is 5.58. The molecular weight excluding hydrogens is 753 g/mol. The number of thiophene rings is 1. The number of hydrogen-bond donors (Lipinski definition) is 0. The molecular formula is C37H40IrN2SSi2-2. The SMILES string of the molecule is CC(C)c1ccnc(-c2[c-]cc3sc4cc([Si](C)(C)C)ccc4c3c2)c1.C[Si](C)(C)c1ccc(-c2[c-]cccc2)nc1.[Ir]. The molecule has 6 aromatic rings. The second kappa shape index (κ2) is 13.5. The van der Waals surface area contributed by atoms with E-state index in [4.69, 9.17) is 0 Å². The molecule has 0 atom stereocenters. The maximum absolute atomic E-state index is 4.59. The minimum Gasteiger partial charge on any atom is -0.305 e. The van der Waals surface area contributed by atoms with E-state index in [1.807, 2.05) is 48.0 Å². The molecule has 6 rings (SSSR count). The van der Waals surface area contributed by atoms with Gasteiger partial charge in [-0.3, -0.25) is 0 Å². The number of fused-ring (bicyclic) bond motifs is 3. The molecule has 0 aliphatic heterocycles. The standard InChI is InChI=1S/C23H24NSSi.C14H16NSi.Ir/c1-15(2)16-10-11-24-21(13-16)17-6-9-22-20(12-17)19-8-7-18(26(3,4)5)14-23(19)25-22;1-16(2,3)13-9-10-14(15-11-13)12-7-5-4-6-8-12;/h7-15H,1-5H3;4-7,9-11H,1-3H3;/q2*-1;. The fourth-order valence-electron chi connectivity index (χ4n) is 4.84. The Kier molecular flexibility index (Phi) is 10.4. The molecule has 2 nitrogen and oxygen atoms in total. The second-order valence-corrected chi connectivity index (χ2v) is 24.5. The molecule has 3 aromatic heterocycles. The Hall–Kier alpha value is -2.74. The van der Waals surface area contributed by atoms with Crippen LogP contribution in [0.25, 0.3) is 42.7 Å². The van der Waals surface area contributed by atoms with E-state index in [1.165, 1.54) is 36.1 Å². The van der Waals surface area contributed by atoms with Crippen LogP contribution < -0.4 is 10.4 Å².